The summed E-state index contributed by atoms with van der Waals surface area (Å²) in [6.07, 6.45) is 0. The van der Waals surface area contributed by atoms with Gasteiger partial charge in [-0.3, -0.25) is 0 Å². The van der Waals surface area contributed by atoms with Crippen molar-refractivity contribution in [2.45, 2.75) is 0 Å². The lowest BCUT2D eigenvalue weighted by atomic mass is 10.0. The van der Waals surface area contributed by atoms with Crippen LogP contribution in [0.25, 0.3) is 32.7 Å². The lowest BCUT2D eigenvalue weighted by Crippen LogP contribution is -2.13. The molecule has 0 aliphatic carbocycles. The van der Waals surface area contributed by atoms with Crippen molar-refractivity contribution >= 4 is 66.8 Å². The lowest BCUT2D eigenvalue weighted by molar-refractivity contribution is 0.669. The molecule has 3 heteroatoms. The summed E-state index contributed by atoms with van der Waals surface area (Å²) in [6.45, 7) is 0. The molecule has 0 saturated heterocycles. The second-order valence-corrected chi connectivity index (χ2v) is 10.6. The summed E-state index contributed by atoms with van der Waals surface area (Å²) >= 11 is 0. The molecular weight excluding hydrogens is 524 g/mol. The van der Waals surface area contributed by atoms with Crippen LogP contribution in [0, 0.1) is 0 Å². The molecular formula is C40H28N2O. The fraction of sp³-hybridized carbons (Fsp3) is 0. The highest BCUT2D eigenvalue weighted by atomic mass is 16.3. The van der Waals surface area contributed by atoms with E-state index < -0.39 is 0 Å². The summed E-state index contributed by atoms with van der Waals surface area (Å²) in [7, 11) is 0. The molecule has 0 unspecified atom stereocenters. The van der Waals surface area contributed by atoms with Crippen LogP contribution >= 0.6 is 0 Å². The highest BCUT2D eigenvalue weighted by Crippen LogP contribution is 2.45. The zero-order valence-corrected chi connectivity index (χ0v) is 23.5. The smallest absolute Gasteiger partial charge is 0.137 e. The van der Waals surface area contributed by atoms with Gasteiger partial charge in [-0.15, -0.1) is 0 Å². The number of furan rings is 1. The zero-order chi connectivity index (χ0) is 28.6. The average Bonchev–Trinajstić information content (AvgIpc) is 3.44. The minimum Gasteiger partial charge on any atom is -0.456 e. The maximum absolute atomic E-state index is 6.33. The van der Waals surface area contributed by atoms with Crippen LogP contribution in [0.2, 0.25) is 0 Å². The first-order valence-electron chi connectivity index (χ1n) is 14.5. The van der Waals surface area contributed by atoms with Crippen molar-refractivity contribution in [2.75, 3.05) is 9.80 Å². The van der Waals surface area contributed by atoms with E-state index in [-0.39, 0.29) is 0 Å². The number of anilines is 6. The Hall–Kier alpha value is -5.80. The lowest BCUT2D eigenvalue weighted by Gasteiger charge is -2.30. The van der Waals surface area contributed by atoms with Gasteiger partial charge in [-0.1, -0.05) is 97.1 Å². The molecule has 43 heavy (non-hydrogen) atoms. The maximum atomic E-state index is 6.33. The quantitative estimate of drug-likeness (QED) is 0.205. The second-order valence-electron chi connectivity index (χ2n) is 10.6. The summed E-state index contributed by atoms with van der Waals surface area (Å²) < 4.78 is 6.33. The van der Waals surface area contributed by atoms with Crippen LogP contribution in [-0.2, 0) is 0 Å². The van der Waals surface area contributed by atoms with Crippen LogP contribution in [-0.4, -0.2) is 0 Å². The number of hydrogen-bond acceptors (Lipinski definition) is 3. The van der Waals surface area contributed by atoms with Gasteiger partial charge in [0.15, 0.2) is 0 Å². The maximum Gasteiger partial charge on any atom is 0.137 e. The Morgan fingerprint density at radius 2 is 0.860 bits per heavy atom. The Labute approximate surface area is 250 Å². The van der Waals surface area contributed by atoms with Gasteiger partial charge in [0.1, 0.15) is 11.2 Å². The Balaban J connectivity index is 1.39. The van der Waals surface area contributed by atoms with E-state index in [1.54, 1.807) is 0 Å². The summed E-state index contributed by atoms with van der Waals surface area (Å²) in [6, 6.07) is 59.7. The minimum absolute atomic E-state index is 0.871. The van der Waals surface area contributed by atoms with Crippen LogP contribution in [0.15, 0.2) is 174 Å². The van der Waals surface area contributed by atoms with Gasteiger partial charge < -0.3 is 14.2 Å². The van der Waals surface area contributed by atoms with Gasteiger partial charge >= 0.3 is 0 Å². The Kier molecular flexibility index (Phi) is 6.12. The molecule has 8 rings (SSSR count). The van der Waals surface area contributed by atoms with Crippen molar-refractivity contribution in [3.8, 4) is 0 Å². The molecule has 0 aliphatic rings. The summed E-state index contributed by atoms with van der Waals surface area (Å²) in [5, 5.41) is 4.59. The fourth-order valence-electron chi connectivity index (χ4n) is 6.05. The Morgan fingerprint density at radius 3 is 1.53 bits per heavy atom. The molecule has 0 amide bonds. The molecule has 0 saturated carbocycles. The van der Waals surface area contributed by atoms with E-state index in [0.29, 0.717) is 0 Å². The van der Waals surface area contributed by atoms with Crippen molar-refractivity contribution < 1.29 is 4.42 Å². The molecule has 0 N–H and O–H groups in total. The first kappa shape index (κ1) is 25.0. The van der Waals surface area contributed by atoms with Gasteiger partial charge in [-0.2, -0.15) is 0 Å². The first-order chi connectivity index (χ1) is 21.3. The highest BCUT2D eigenvalue weighted by molar-refractivity contribution is 6.07. The topological polar surface area (TPSA) is 19.6 Å². The average molecular weight is 553 g/mol. The molecule has 1 heterocycles. The van der Waals surface area contributed by atoms with Crippen LogP contribution in [0.4, 0.5) is 34.1 Å². The predicted molar refractivity (Wildman–Crippen MR) is 181 cm³/mol. The molecule has 0 bridgehead atoms. The molecule has 204 valence electrons. The van der Waals surface area contributed by atoms with Gasteiger partial charge in [0, 0.05) is 50.7 Å². The van der Waals surface area contributed by atoms with Gasteiger partial charge in [0.2, 0.25) is 0 Å². The summed E-state index contributed by atoms with van der Waals surface area (Å²) in [5.41, 5.74) is 8.25. The molecule has 8 aromatic rings. The molecule has 1 aromatic heterocycles. The van der Waals surface area contributed by atoms with Crippen molar-refractivity contribution in [3.63, 3.8) is 0 Å². The third kappa shape index (κ3) is 4.48. The molecule has 0 aliphatic heterocycles. The van der Waals surface area contributed by atoms with E-state index in [1.165, 1.54) is 5.39 Å². The summed E-state index contributed by atoms with van der Waals surface area (Å²) in [5.74, 6) is 0. The van der Waals surface area contributed by atoms with E-state index in [4.69, 9.17) is 4.42 Å². The van der Waals surface area contributed by atoms with Crippen molar-refractivity contribution in [1.82, 2.24) is 0 Å². The first-order valence-corrected chi connectivity index (χ1v) is 14.5. The number of rotatable bonds is 6. The number of para-hydroxylation sites is 4. The Bertz CT molecular complexity index is 2150. The van der Waals surface area contributed by atoms with E-state index >= 15 is 0 Å². The number of fused-ring (bicyclic) bond motifs is 4. The highest BCUT2D eigenvalue weighted by Gasteiger charge is 2.20. The van der Waals surface area contributed by atoms with Gasteiger partial charge in [-0.05, 0) is 72.1 Å². The van der Waals surface area contributed by atoms with Crippen molar-refractivity contribution in [1.29, 1.82) is 0 Å². The minimum atomic E-state index is 0.871. The van der Waals surface area contributed by atoms with Crippen molar-refractivity contribution in [3.05, 3.63) is 170 Å². The molecule has 0 fully saturated rings. The Morgan fingerprint density at radius 1 is 0.326 bits per heavy atom. The van der Waals surface area contributed by atoms with Crippen LogP contribution in [0.5, 0.6) is 0 Å². The number of nitrogens with zero attached hydrogens (tertiary/aromatic N) is 2. The third-order valence-corrected chi connectivity index (χ3v) is 7.99. The standard InChI is InChI=1S/C40H28N2O/c1-4-15-30(16-5-1)41(33-24-25-37-36-22-12-13-23-39(36)43-40(37)28-33)34-26-29-14-10-11-21-35(29)38(27-34)42(31-17-6-2-7-18-31)32-19-8-3-9-20-32/h1-28H. The largest absolute Gasteiger partial charge is 0.456 e. The SMILES string of the molecule is c1ccc(N(c2cc(N(c3ccccc3)c3ccccc3)c3ccccc3c2)c2ccc3c(c2)oc2ccccc23)cc1. The monoisotopic (exact) mass is 552 g/mol. The van der Waals surface area contributed by atoms with E-state index in [0.717, 1.165) is 61.4 Å². The number of benzene rings is 7. The van der Waals surface area contributed by atoms with Crippen LogP contribution < -0.4 is 9.80 Å². The zero-order valence-electron chi connectivity index (χ0n) is 23.5. The van der Waals surface area contributed by atoms with Gasteiger partial charge in [0.05, 0.1) is 5.69 Å². The van der Waals surface area contributed by atoms with Crippen molar-refractivity contribution in [2.24, 2.45) is 0 Å². The van der Waals surface area contributed by atoms with Gasteiger partial charge in [0.25, 0.3) is 0 Å². The molecule has 0 spiro atoms. The van der Waals surface area contributed by atoms with Crippen LogP contribution in [0.3, 0.4) is 0 Å². The molecule has 0 radical (unpaired) electrons. The van der Waals surface area contributed by atoms with E-state index in [1.807, 2.05) is 12.1 Å². The molecule has 3 nitrogen and oxygen atoms in total. The summed E-state index contributed by atoms with van der Waals surface area (Å²) in [4.78, 5) is 4.66. The second kappa shape index (κ2) is 10.6. The molecule has 7 aromatic carbocycles. The van der Waals surface area contributed by atoms with E-state index in [2.05, 4.69) is 168 Å². The normalized spacial score (nSPS) is 11.3. The fourth-order valence-corrected chi connectivity index (χ4v) is 6.05. The predicted octanol–water partition coefficient (Wildman–Crippen LogP) is 11.7. The molecule has 0 atom stereocenters. The van der Waals surface area contributed by atoms with Crippen LogP contribution in [0.1, 0.15) is 0 Å². The van der Waals surface area contributed by atoms with Gasteiger partial charge in [-0.25, -0.2) is 0 Å². The number of hydrogen-bond donors (Lipinski definition) is 0. The third-order valence-electron chi connectivity index (χ3n) is 7.99. The van der Waals surface area contributed by atoms with E-state index in [9.17, 15) is 0 Å².